The van der Waals surface area contributed by atoms with Gasteiger partial charge >= 0.3 is 0 Å². The summed E-state index contributed by atoms with van der Waals surface area (Å²) in [5, 5.41) is 15.4. The summed E-state index contributed by atoms with van der Waals surface area (Å²) in [6.45, 7) is 1.86. The van der Waals surface area contributed by atoms with Gasteiger partial charge in [-0.05, 0) is 92.7 Å². The molecule has 5 fully saturated rings. The molecular formula is C29H34N4O5. The van der Waals surface area contributed by atoms with Gasteiger partial charge < -0.3 is 19.9 Å². The van der Waals surface area contributed by atoms with E-state index in [4.69, 9.17) is 4.74 Å². The smallest absolute Gasteiger partial charge is 0.293 e. The summed E-state index contributed by atoms with van der Waals surface area (Å²) in [5.41, 5.74) is 1.19. The Labute approximate surface area is 222 Å². The molecule has 1 N–H and O–H groups in total. The fraction of sp³-hybridized carbons (Fsp3) is 0.517. The molecule has 7 rings (SSSR count). The Hall–Kier alpha value is -3.62. The molecule has 0 aromatic heterocycles. The molecule has 2 aromatic rings. The second kappa shape index (κ2) is 9.60. The fourth-order valence-electron chi connectivity index (χ4n) is 7.72. The molecule has 0 unspecified atom stereocenters. The molecule has 2 amide bonds. The van der Waals surface area contributed by atoms with Crippen LogP contribution >= 0.6 is 0 Å². The van der Waals surface area contributed by atoms with E-state index in [1.54, 1.807) is 48.4 Å². The van der Waals surface area contributed by atoms with Gasteiger partial charge in [-0.15, -0.1) is 0 Å². The summed E-state index contributed by atoms with van der Waals surface area (Å²) >= 11 is 0. The van der Waals surface area contributed by atoms with Crippen LogP contribution in [0.1, 0.15) is 59.2 Å². The molecule has 9 heteroatoms. The maximum atomic E-state index is 13.3. The highest BCUT2D eigenvalue weighted by Crippen LogP contribution is 2.55. The number of carbonyl (C=O) groups excluding carboxylic acids is 2. The van der Waals surface area contributed by atoms with E-state index in [9.17, 15) is 19.7 Å². The minimum atomic E-state index is -0.411. The second-order valence-corrected chi connectivity index (χ2v) is 11.6. The molecule has 38 heavy (non-hydrogen) atoms. The van der Waals surface area contributed by atoms with Gasteiger partial charge in [0.15, 0.2) is 0 Å². The lowest BCUT2D eigenvalue weighted by Gasteiger charge is -2.56. The Kier molecular flexibility index (Phi) is 6.24. The number of hydrogen-bond acceptors (Lipinski definition) is 6. The van der Waals surface area contributed by atoms with Gasteiger partial charge in [0.05, 0.1) is 12.0 Å². The molecular weight excluding hydrogens is 484 g/mol. The number of amides is 2. The van der Waals surface area contributed by atoms with Crippen molar-refractivity contribution in [2.75, 3.05) is 38.2 Å². The lowest BCUT2D eigenvalue weighted by molar-refractivity contribution is -0.384. The monoisotopic (exact) mass is 518 g/mol. The Bertz CT molecular complexity index is 1220. The molecule has 200 valence electrons. The van der Waals surface area contributed by atoms with Crippen LogP contribution < -0.4 is 15.0 Å². The van der Waals surface area contributed by atoms with Crippen molar-refractivity contribution in [3.8, 4) is 5.75 Å². The predicted octanol–water partition coefficient (Wildman–Crippen LogP) is 4.26. The maximum Gasteiger partial charge on any atom is 0.293 e. The van der Waals surface area contributed by atoms with Gasteiger partial charge in [-0.3, -0.25) is 19.7 Å². The van der Waals surface area contributed by atoms with Gasteiger partial charge in [0, 0.05) is 48.9 Å². The first-order chi connectivity index (χ1) is 18.3. The van der Waals surface area contributed by atoms with Crippen LogP contribution in [0.5, 0.6) is 5.75 Å². The van der Waals surface area contributed by atoms with Crippen molar-refractivity contribution in [2.24, 2.45) is 17.8 Å². The number of nitrogens with one attached hydrogen (secondary N) is 1. The normalized spacial score (nSPS) is 27.8. The number of carbonyl (C=O) groups is 2. The molecule has 4 saturated carbocycles. The number of nitro benzene ring substituents is 1. The van der Waals surface area contributed by atoms with Crippen molar-refractivity contribution in [3.05, 3.63) is 63.7 Å². The van der Waals surface area contributed by atoms with Crippen molar-refractivity contribution in [1.82, 2.24) is 10.2 Å². The number of hydrogen-bond donors (Lipinski definition) is 1. The van der Waals surface area contributed by atoms with Gasteiger partial charge in [0.2, 0.25) is 0 Å². The second-order valence-electron chi connectivity index (χ2n) is 11.6. The first kappa shape index (κ1) is 24.7. The predicted molar refractivity (Wildman–Crippen MR) is 143 cm³/mol. The van der Waals surface area contributed by atoms with E-state index in [0.717, 1.165) is 19.3 Å². The molecule has 9 nitrogen and oxygen atoms in total. The van der Waals surface area contributed by atoms with Gasteiger partial charge in [-0.25, -0.2) is 0 Å². The third kappa shape index (κ3) is 4.59. The molecule has 2 aromatic carbocycles. The van der Waals surface area contributed by atoms with Crippen LogP contribution in [0.3, 0.4) is 0 Å². The maximum absolute atomic E-state index is 13.3. The Morgan fingerprint density at radius 3 is 2.05 bits per heavy atom. The molecule has 0 atom stereocenters. The van der Waals surface area contributed by atoms with Crippen LogP contribution in [0.15, 0.2) is 42.5 Å². The Balaban J connectivity index is 1.13. The van der Waals surface area contributed by atoms with E-state index < -0.39 is 4.92 Å². The summed E-state index contributed by atoms with van der Waals surface area (Å²) in [5.74, 6) is 2.51. The summed E-state index contributed by atoms with van der Waals surface area (Å²) in [6.07, 6.45) is 6.95. The number of benzene rings is 2. The highest BCUT2D eigenvalue weighted by molar-refractivity contribution is 5.96. The fourth-order valence-corrected chi connectivity index (χ4v) is 7.72. The lowest BCUT2D eigenvalue weighted by atomic mass is 9.53. The number of nitro groups is 1. The standard InChI is InChI=1S/C29H34N4O5/c1-38-24-5-2-22(3-6-24)28(35)32-10-8-31(9-11-32)25-7-4-23(15-26(25)33(36)37)27(34)30-29-16-19-12-20(17-29)14-21(13-19)18-29/h2-7,15,19-21H,8-14,16-18H2,1H3,(H,30,34). The molecule has 4 aliphatic carbocycles. The average Bonchev–Trinajstić information content (AvgIpc) is 2.91. The van der Waals surface area contributed by atoms with Crippen molar-refractivity contribution >= 4 is 23.2 Å². The first-order valence-corrected chi connectivity index (χ1v) is 13.6. The SMILES string of the molecule is COc1ccc(C(=O)N2CCN(c3ccc(C(=O)NC45CC6CC(CC(C6)C4)C5)cc3[N+](=O)[O-])CC2)cc1. The molecule has 1 heterocycles. The summed E-state index contributed by atoms with van der Waals surface area (Å²) in [4.78, 5) is 41.5. The minimum Gasteiger partial charge on any atom is -0.497 e. The summed E-state index contributed by atoms with van der Waals surface area (Å²) < 4.78 is 5.16. The number of rotatable bonds is 6. The topological polar surface area (TPSA) is 105 Å². The number of methoxy groups -OCH3 is 1. The number of anilines is 1. The van der Waals surface area contributed by atoms with E-state index in [-0.39, 0.29) is 23.0 Å². The molecule has 4 bridgehead atoms. The zero-order valence-electron chi connectivity index (χ0n) is 21.7. The highest BCUT2D eigenvalue weighted by atomic mass is 16.6. The van der Waals surface area contributed by atoms with Gasteiger partial charge in [0.25, 0.3) is 17.5 Å². The Morgan fingerprint density at radius 1 is 0.921 bits per heavy atom. The molecule has 1 saturated heterocycles. The van der Waals surface area contributed by atoms with E-state index in [1.807, 2.05) is 4.90 Å². The molecule has 5 aliphatic rings. The quantitative estimate of drug-likeness (QED) is 0.453. The van der Waals surface area contributed by atoms with E-state index in [2.05, 4.69) is 5.32 Å². The van der Waals surface area contributed by atoms with Crippen LogP contribution in [-0.4, -0.2) is 60.5 Å². The average molecular weight is 519 g/mol. The zero-order valence-corrected chi connectivity index (χ0v) is 21.7. The molecule has 1 aliphatic heterocycles. The van der Waals surface area contributed by atoms with Gasteiger partial charge in [0.1, 0.15) is 11.4 Å². The number of ether oxygens (including phenoxy) is 1. The minimum absolute atomic E-state index is 0.0708. The first-order valence-electron chi connectivity index (χ1n) is 13.6. The number of piperazine rings is 1. The van der Waals surface area contributed by atoms with Crippen molar-refractivity contribution < 1.29 is 19.2 Å². The molecule has 0 radical (unpaired) electrons. The van der Waals surface area contributed by atoms with Gasteiger partial charge in [-0.2, -0.15) is 0 Å². The lowest BCUT2D eigenvalue weighted by Crippen LogP contribution is -2.59. The van der Waals surface area contributed by atoms with Gasteiger partial charge in [-0.1, -0.05) is 0 Å². The van der Waals surface area contributed by atoms with Crippen LogP contribution in [-0.2, 0) is 0 Å². The van der Waals surface area contributed by atoms with Crippen LogP contribution in [0.4, 0.5) is 11.4 Å². The van der Waals surface area contributed by atoms with Crippen LogP contribution in [0.25, 0.3) is 0 Å². The van der Waals surface area contributed by atoms with E-state index >= 15 is 0 Å². The van der Waals surface area contributed by atoms with Crippen LogP contribution in [0, 0.1) is 27.9 Å². The van der Waals surface area contributed by atoms with Crippen molar-refractivity contribution in [3.63, 3.8) is 0 Å². The van der Waals surface area contributed by atoms with Crippen molar-refractivity contribution in [2.45, 2.75) is 44.1 Å². The summed E-state index contributed by atoms with van der Waals surface area (Å²) in [6, 6.07) is 11.8. The zero-order chi connectivity index (χ0) is 26.4. The Morgan fingerprint density at radius 2 is 1.50 bits per heavy atom. The van der Waals surface area contributed by atoms with E-state index in [0.29, 0.717) is 66.5 Å². The largest absolute Gasteiger partial charge is 0.497 e. The van der Waals surface area contributed by atoms with Crippen LogP contribution in [0.2, 0.25) is 0 Å². The third-order valence-corrected chi connectivity index (χ3v) is 9.10. The van der Waals surface area contributed by atoms with E-state index in [1.165, 1.54) is 25.3 Å². The highest BCUT2D eigenvalue weighted by Gasteiger charge is 2.51. The summed E-state index contributed by atoms with van der Waals surface area (Å²) in [7, 11) is 1.58. The number of nitrogens with zero attached hydrogens (tertiary/aromatic N) is 3. The third-order valence-electron chi connectivity index (χ3n) is 9.10. The van der Waals surface area contributed by atoms with Crippen molar-refractivity contribution in [1.29, 1.82) is 0 Å². The molecule has 0 spiro atoms.